The van der Waals surface area contributed by atoms with Crippen molar-refractivity contribution in [3.63, 3.8) is 0 Å². The third-order valence-electron chi connectivity index (χ3n) is 3.16. The van der Waals surface area contributed by atoms with Gasteiger partial charge in [-0.1, -0.05) is 48.5 Å². The molecule has 0 spiro atoms. The van der Waals surface area contributed by atoms with Gasteiger partial charge in [-0.15, -0.1) is 0 Å². The first kappa shape index (κ1) is 13.6. The van der Waals surface area contributed by atoms with Gasteiger partial charge in [-0.05, 0) is 30.0 Å². The molecule has 0 heterocycles. The van der Waals surface area contributed by atoms with Crippen molar-refractivity contribution in [1.29, 1.82) is 0 Å². The summed E-state index contributed by atoms with van der Waals surface area (Å²) in [5, 5.41) is 3.52. The summed E-state index contributed by atoms with van der Waals surface area (Å²) in [6.07, 6.45) is 1.99. The molecule has 100 valence electrons. The number of hydrogen-bond acceptors (Lipinski definition) is 2. The van der Waals surface area contributed by atoms with Crippen LogP contribution in [0, 0.1) is 0 Å². The number of methoxy groups -OCH3 is 1. The van der Waals surface area contributed by atoms with E-state index in [1.165, 1.54) is 16.8 Å². The van der Waals surface area contributed by atoms with Crippen molar-refractivity contribution in [3.05, 3.63) is 65.7 Å². The summed E-state index contributed by atoms with van der Waals surface area (Å²) in [4.78, 5) is 0. The highest BCUT2D eigenvalue weighted by Crippen LogP contribution is 2.15. The summed E-state index contributed by atoms with van der Waals surface area (Å²) in [5.74, 6) is 0. The Bertz CT molecular complexity index is 482. The molecule has 0 amide bonds. The molecule has 2 heteroatoms. The van der Waals surface area contributed by atoms with Crippen LogP contribution in [0.4, 0.5) is 5.69 Å². The molecule has 0 unspecified atom stereocenters. The first-order valence-corrected chi connectivity index (χ1v) is 6.75. The van der Waals surface area contributed by atoms with E-state index in [2.05, 4.69) is 59.9 Å². The van der Waals surface area contributed by atoms with Crippen LogP contribution in [0.25, 0.3) is 0 Å². The van der Waals surface area contributed by atoms with Crippen molar-refractivity contribution < 1.29 is 4.74 Å². The summed E-state index contributed by atoms with van der Waals surface area (Å²) < 4.78 is 5.15. The van der Waals surface area contributed by atoms with Gasteiger partial charge < -0.3 is 10.1 Å². The largest absolute Gasteiger partial charge is 0.384 e. The summed E-state index contributed by atoms with van der Waals surface area (Å²) in [6.45, 7) is 1.71. The molecule has 0 fully saturated rings. The number of para-hydroxylation sites is 1. The highest BCUT2D eigenvalue weighted by atomic mass is 16.5. The lowest BCUT2D eigenvalue weighted by molar-refractivity contribution is 0.202. The van der Waals surface area contributed by atoms with E-state index in [0.29, 0.717) is 0 Å². The molecular weight excluding hydrogens is 234 g/mol. The lowest BCUT2D eigenvalue weighted by atomic mass is 10.1. The Kier molecular flexibility index (Phi) is 5.45. The van der Waals surface area contributed by atoms with Crippen molar-refractivity contribution in [2.75, 3.05) is 25.6 Å². The van der Waals surface area contributed by atoms with E-state index in [4.69, 9.17) is 4.74 Å². The zero-order chi connectivity index (χ0) is 13.3. The Balaban J connectivity index is 1.88. The number of rotatable bonds is 7. The normalized spacial score (nSPS) is 10.4. The molecule has 0 saturated heterocycles. The maximum absolute atomic E-state index is 5.15. The van der Waals surface area contributed by atoms with Gasteiger partial charge in [0.1, 0.15) is 0 Å². The van der Waals surface area contributed by atoms with Gasteiger partial charge in [0, 0.05) is 19.3 Å². The second-order valence-corrected chi connectivity index (χ2v) is 4.56. The highest BCUT2D eigenvalue weighted by Gasteiger charge is 2.00. The molecule has 0 aromatic heterocycles. The quantitative estimate of drug-likeness (QED) is 0.817. The third kappa shape index (κ3) is 4.42. The summed E-state index contributed by atoms with van der Waals surface area (Å²) >= 11 is 0. The van der Waals surface area contributed by atoms with Crippen LogP contribution in [0.5, 0.6) is 0 Å². The fourth-order valence-corrected chi connectivity index (χ4v) is 2.11. The van der Waals surface area contributed by atoms with Crippen LogP contribution in [-0.4, -0.2) is 20.3 Å². The van der Waals surface area contributed by atoms with Gasteiger partial charge in [-0.2, -0.15) is 0 Å². The minimum atomic E-state index is 0.761. The molecule has 2 rings (SSSR count). The molecule has 0 radical (unpaired) electrons. The SMILES string of the molecule is COCCc1ccccc1NCCc1ccccc1. The number of anilines is 1. The highest BCUT2D eigenvalue weighted by molar-refractivity contribution is 5.51. The average Bonchev–Trinajstić information content (AvgIpc) is 2.47. The second kappa shape index (κ2) is 7.59. The predicted octanol–water partition coefficient (Wildman–Crippen LogP) is 3.53. The fourth-order valence-electron chi connectivity index (χ4n) is 2.11. The van der Waals surface area contributed by atoms with Gasteiger partial charge in [0.05, 0.1) is 6.61 Å². The van der Waals surface area contributed by atoms with Crippen molar-refractivity contribution in [2.24, 2.45) is 0 Å². The van der Waals surface area contributed by atoms with Crippen LogP contribution in [0.1, 0.15) is 11.1 Å². The smallest absolute Gasteiger partial charge is 0.0503 e. The lowest BCUT2D eigenvalue weighted by Gasteiger charge is -2.11. The molecule has 2 aromatic carbocycles. The number of ether oxygens (including phenoxy) is 1. The van der Waals surface area contributed by atoms with E-state index >= 15 is 0 Å². The Hall–Kier alpha value is -1.80. The van der Waals surface area contributed by atoms with Gasteiger partial charge in [0.2, 0.25) is 0 Å². The molecule has 0 atom stereocenters. The Labute approximate surface area is 115 Å². The predicted molar refractivity (Wildman–Crippen MR) is 80.7 cm³/mol. The number of benzene rings is 2. The molecule has 0 aliphatic carbocycles. The van der Waals surface area contributed by atoms with Gasteiger partial charge in [0.25, 0.3) is 0 Å². The van der Waals surface area contributed by atoms with E-state index < -0.39 is 0 Å². The minimum Gasteiger partial charge on any atom is -0.384 e. The fraction of sp³-hybridized carbons (Fsp3) is 0.294. The summed E-state index contributed by atoms with van der Waals surface area (Å²) in [7, 11) is 1.74. The monoisotopic (exact) mass is 255 g/mol. The van der Waals surface area contributed by atoms with Crippen LogP contribution in [0.3, 0.4) is 0 Å². The van der Waals surface area contributed by atoms with Crippen molar-refractivity contribution in [2.45, 2.75) is 12.8 Å². The summed E-state index contributed by atoms with van der Waals surface area (Å²) in [6, 6.07) is 19.0. The van der Waals surface area contributed by atoms with E-state index in [1.54, 1.807) is 7.11 Å². The molecule has 0 aliphatic rings. The molecule has 2 aromatic rings. The lowest BCUT2D eigenvalue weighted by Crippen LogP contribution is -2.07. The van der Waals surface area contributed by atoms with E-state index in [9.17, 15) is 0 Å². The first-order chi connectivity index (χ1) is 9.40. The summed E-state index contributed by atoms with van der Waals surface area (Å²) in [5.41, 5.74) is 3.90. The molecule has 19 heavy (non-hydrogen) atoms. The number of nitrogens with one attached hydrogen (secondary N) is 1. The van der Waals surface area contributed by atoms with Crippen LogP contribution in [-0.2, 0) is 17.6 Å². The topological polar surface area (TPSA) is 21.3 Å². The Morgan fingerprint density at radius 3 is 2.42 bits per heavy atom. The zero-order valence-corrected chi connectivity index (χ0v) is 11.4. The van der Waals surface area contributed by atoms with Crippen LogP contribution < -0.4 is 5.32 Å². The maximum Gasteiger partial charge on any atom is 0.0503 e. The van der Waals surface area contributed by atoms with Gasteiger partial charge >= 0.3 is 0 Å². The molecule has 2 nitrogen and oxygen atoms in total. The molecule has 0 bridgehead atoms. The van der Waals surface area contributed by atoms with Crippen molar-refractivity contribution in [1.82, 2.24) is 0 Å². The van der Waals surface area contributed by atoms with E-state index in [0.717, 1.165) is 26.0 Å². The molecule has 0 aliphatic heterocycles. The van der Waals surface area contributed by atoms with Crippen LogP contribution in [0.2, 0.25) is 0 Å². The van der Waals surface area contributed by atoms with Gasteiger partial charge in [-0.25, -0.2) is 0 Å². The van der Waals surface area contributed by atoms with Gasteiger partial charge in [0.15, 0.2) is 0 Å². The van der Waals surface area contributed by atoms with Crippen molar-refractivity contribution >= 4 is 5.69 Å². The third-order valence-corrected chi connectivity index (χ3v) is 3.16. The zero-order valence-electron chi connectivity index (χ0n) is 11.4. The van der Waals surface area contributed by atoms with Crippen LogP contribution >= 0.6 is 0 Å². The van der Waals surface area contributed by atoms with E-state index in [-0.39, 0.29) is 0 Å². The molecule has 1 N–H and O–H groups in total. The number of hydrogen-bond donors (Lipinski definition) is 1. The molecule has 0 saturated carbocycles. The Morgan fingerprint density at radius 2 is 1.63 bits per heavy atom. The standard InChI is InChI=1S/C17H21NO/c1-19-14-12-16-9-5-6-10-17(16)18-13-11-15-7-3-2-4-8-15/h2-10,18H,11-14H2,1H3. The average molecular weight is 255 g/mol. The second-order valence-electron chi connectivity index (χ2n) is 4.56. The van der Waals surface area contributed by atoms with Gasteiger partial charge in [-0.3, -0.25) is 0 Å². The van der Waals surface area contributed by atoms with E-state index in [1.807, 2.05) is 0 Å². The maximum atomic E-state index is 5.15. The minimum absolute atomic E-state index is 0.761. The first-order valence-electron chi connectivity index (χ1n) is 6.75. The van der Waals surface area contributed by atoms with Crippen LogP contribution in [0.15, 0.2) is 54.6 Å². The molecular formula is C17H21NO. The Morgan fingerprint density at radius 1 is 0.895 bits per heavy atom. The van der Waals surface area contributed by atoms with Crippen molar-refractivity contribution in [3.8, 4) is 0 Å².